The largest absolute Gasteiger partial charge is 0.371 e. The molecular formula is C20H25N3O3. The van der Waals surface area contributed by atoms with Crippen molar-refractivity contribution in [2.24, 2.45) is 11.3 Å². The minimum absolute atomic E-state index is 0.107. The summed E-state index contributed by atoms with van der Waals surface area (Å²) in [6, 6.07) is 5.27. The first-order chi connectivity index (χ1) is 12.3. The number of piperidine rings is 1. The Morgan fingerprint density at radius 3 is 2.50 bits per heavy atom. The second-order valence-corrected chi connectivity index (χ2v) is 8.67. The van der Waals surface area contributed by atoms with Crippen LogP contribution in [0, 0.1) is 11.3 Å². The second kappa shape index (κ2) is 5.83. The predicted molar refractivity (Wildman–Crippen MR) is 97.6 cm³/mol. The van der Waals surface area contributed by atoms with Crippen LogP contribution in [0.2, 0.25) is 0 Å². The molecule has 6 heteroatoms. The highest BCUT2D eigenvalue weighted by Gasteiger charge is 2.42. The topological polar surface area (TPSA) is 69.7 Å². The summed E-state index contributed by atoms with van der Waals surface area (Å²) >= 11 is 0. The lowest BCUT2D eigenvalue weighted by Gasteiger charge is -2.48. The molecule has 0 spiro atoms. The number of benzene rings is 1. The van der Waals surface area contributed by atoms with Crippen LogP contribution in [0.5, 0.6) is 0 Å². The molecule has 2 saturated heterocycles. The predicted octanol–water partition coefficient (Wildman–Crippen LogP) is 1.93. The average molecular weight is 355 g/mol. The molecule has 4 rings (SSSR count). The number of carbonyl (C=O) groups is 3. The minimum Gasteiger partial charge on any atom is -0.371 e. The van der Waals surface area contributed by atoms with Crippen LogP contribution in [0.1, 0.15) is 49.5 Å². The van der Waals surface area contributed by atoms with Crippen molar-refractivity contribution in [3.8, 4) is 0 Å². The summed E-state index contributed by atoms with van der Waals surface area (Å²) < 4.78 is 0. The third kappa shape index (κ3) is 2.68. The average Bonchev–Trinajstić information content (AvgIpc) is 2.83. The Kier molecular flexibility index (Phi) is 3.82. The van der Waals surface area contributed by atoms with Crippen LogP contribution < -0.4 is 10.2 Å². The Balaban J connectivity index is 1.56. The number of hydrogen-bond acceptors (Lipinski definition) is 4. The van der Waals surface area contributed by atoms with Crippen molar-refractivity contribution in [1.29, 1.82) is 0 Å². The Labute approximate surface area is 153 Å². The maximum atomic E-state index is 12.9. The molecule has 3 heterocycles. The molecule has 1 unspecified atom stereocenters. The first kappa shape index (κ1) is 17.1. The molecule has 1 aromatic rings. The van der Waals surface area contributed by atoms with E-state index in [1.165, 1.54) is 0 Å². The molecule has 0 radical (unpaired) electrons. The van der Waals surface area contributed by atoms with Gasteiger partial charge in [0.1, 0.15) is 6.04 Å². The molecule has 138 valence electrons. The zero-order valence-corrected chi connectivity index (χ0v) is 15.5. The van der Waals surface area contributed by atoms with Crippen molar-refractivity contribution in [2.45, 2.75) is 46.2 Å². The van der Waals surface area contributed by atoms with E-state index < -0.39 is 6.04 Å². The molecule has 0 aromatic heterocycles. The summed E-state index contributed by atoms with van der Waals surface area (Å²) in [7, 11) is 0. The van der Waals surface area contributed by atoms with Gasteiger partial charge in [-0.15, -0.1) is 0 Å². The van der Waals surface area contributed by atoms with Gasteiger partial charge in [0.25, 0.3) is 5.91 Å². The van der Waals surface area contributed by atoms with Gasteiger partial charge in [0.15, 0.2) is 0 Å². The minimum atomic E-state index is -0.556. The van der Waals surface area contributed by atoms with Crippen molar-refractivity contribution in [1.82, 2.24) is 10.2 Å². The van der Waals surface area contributed by atoms with E-state index in [1.807, 2.05) is 12.1 Å². The van der Waals surface area contributed by atoms with E-state index in [0.717, 1.165) is 24.3 Å². The standard InChI is InChI=1S/C20H25N3O3/c1-20(2,3)12-9-22(10-12)15-6-4-5-13-14(15)11-23(19(13)26)16-7-8-17(24)21-18(16)25/h4-6,12,16H,7-11H2,1-3H3,(H,21,24,25). The van der Waals surface area contributed by atoms with Gasteiger partial charge in [-0.05, 0) is 29.9 Å². The van der Waals surface area contributed by atoms with Gasteiger partial charge < -0.3 is 9.80 Å². The molecule has 3 aliphatic heterocycles. The van der Waals surface area contributed by atoms with E-state index in [4.69, 9.17) is 0 Å². The number of anilines is 1. The molecule has 3 aliphatic rings. The van der Waals surface area contributed by atoms with Crippen LogP contribution in [0.15, 0.2) is 18.2 Å². The molecule has 26 heavy (non-hydrogen) atoms. The van der Waals surface area contributed by atoms with Crippen molar-refractivity contribution < 1.29 is 14.4 Å². The molecule has 1 aromatic carbocycles. The highest BCUT2D eigenvalue weighted by Crippen LogP contribution is 2.40. The van der Waals surface area contributed by atoms with Gasteiger partial charge in [0.05, 0.1) is 0 Å². The first-order valence-electron chi connectivity index (χ1n) is 9.27. The molecule has 1 atom stereocenters. The summed E-state index contributed by atoms with van der Waals surface area (Å²) in [5, 5.41) is 2.35. The number of amides is 3. The maximum Gasteiger partial charge on any atom is 0.255 e. The van der Waals surface area contributed by atoms with Gasteiger partial charge in [-0.1, -0.05) is 26.8 Å². The van der Waals surface area contributed by atoms with Crippen molar-refractivity contribution in [3.63, 3.8) is 0 Å². The van der Waals surface area contributed by atoms with Crippen LogP contribution >= 0.6 is 0 Å². The maximum absolute atomic E-state index is 12.9. The lowest BCUT2D eigenvalue weighted by Crippen LogP contribution is -2.53. The van der Waals surface area contributed by atoms with E-state index in [0.29, 0.717) is 24.4 Å². The second-order valence-electron chi connectivity index (χ2n) is 8.67. The molecule has 6 nitrogen and oxygen atoms in total. The Morgan fingerprint density at radius 2 is 1.85 bits per heavy atom. The molecule has 0 saturated carbocycles. The Morgan fingerprint density at radius 1 is 1.12 bits per heavy atom. The molecular weight excluding hydrogens is 330 g/mol. The van der Waals surface area contributed by atoms with Crippen LogP contribution in [0.25, 0.3) is 0 Å². The van der Waals surface area contributed by atoms with Crippen LogP contribution in [-0.2, 0) is 16.1 Å². The van der Waals surface area contributed by atoms with E-state index in [9.17, 15) is 14.4 Å². The summed E-state index contributed by atoms with van der Waals surface area (Å²) in [4.78, 5) is 40.4. The number of rotatable bonds is 2. The van der Waals surface area contributed by atoms with Gasteiger partial charge in [0.2, 0.25) is 11.8 Å². The third-order valence-corrected chi connectivity index (χ3v) is 6.00. The highest BCUT2D eigenvalue weighted by atomic mass is 16.2. The van der Waals surface area contributed by atoms with Crippen molar-refractivity contribution in [2.75, 3.05) is 18.0 Å². The number of hydrogen-bond donors (Lipinski definition) is 1. The number of fused-ring (bicyclic) bond motifs is 1. The van der Waals surface area contributed by atoms with E-state index in [1.54, 1.807) is 4.90 Å². The molecule has 1 N–H and O–H groups in total. The smallest absolute Gasteiger partial charge is 0.255 e. The quantitative estimate of drug-likeness (QED) is 0.823. The number of carbonyl (C=O) groups excluding carboxylic acids is 3. The zero-order valence-electron chi connectivity index (χ0n) is 15.5. The highest BCUT2D eigenvalue weighted by molar-refractivity contribution is 6.06. The molecule has 2 fully saturated rings. The van der Waals surface area contributed by atoms with Crippen LogP contribution in [0.3, 0.4) is 0 Å². The summed E-state index contributed by atoms with van der Waals surface area (Å²) in [5.41, 5.74) is 3.08. The van der Waals surface area contributed by atoms with Crippen molar-refractivity contribution in [3.05, 3.63) is 29.3 Å². The lowest BCUT2D eigenvalue weighted by atomic mass is 9.75. The van der Waals surface area contributed by atoms with E-state index in [2.05, 4.69) is 37.1 Å². The van der Waals surface area contributed by atoms with Crippen molar-refractivity contribution >= 4 is 23.4 Å². The zero-order chi connectivity index (χ0) is 18.6. The van der Waals surface area contributed by atoms with Gasteiger partial charge in [-0.25, -0.2) is 0 Å². The summed E-state index contributed by atoms with van der Waals surface area (Å²) in [6.45, 7) is 9.21. The monoisotopic (exact) mass is 355 g/mol. The fourth-order valence-electron chi connectivity index (χ4n) is 4.09. The summed E-state index contributed by atoms with van der Waals surface area (Å²) in [6.07, 6.45) is 0.679. The van der Waals surface area contributed by atoms with Crippen LogP contribution in [-0.4, -0.2) is 41.8 Å². The molecule has 3 amide bonds. The van der Waals surface area contributed by atoms with Gasteiger partial charge >= 0.3 is 0 Å². The Hall–Kier alpha value is -2.37. The van der Waals surface area contributed by atoms with E-state index >= 15 is 0 Å². The van der Waals surface area contributed by atoms with Gasteiger partial charge in [0, 0.05) is 42.9 Å². The number of imide groups is 1. The fourth-order valence-corrected chi connectivity index (χ4v) is 4.09. The lowest BCUT2D eigenvalue weighted by molar-refractivity contribution is -0.136. The third-order valence-electron chi connectivity index (χ3n) is 6.00. The molecule has 0 bridgehead atoms. The van der Waals surface area contributed by atoms with Crippen LogP contribution in [0.4, 0.5) is 5.69 Å². The SMILES string of the molecule is CC(C)(C)C1CN(c2cccc3c2CN(C2CCC(=O)NC2=O)C3=O)C1. The number of nitrogens with one attached hydrogen (secondary N) is 1. The normalized spacial score (nSPS) is 23.8. The summed E-state index contributed by atoms with van der Waals surface area (Å²) in [5.74, 6) is -0.0865. The van der Waals surface area contributed by atoms with Gasteiger partial charge in [-0.3, -0.25) is 19.7 Å². The number of nitrogens with zero attached hydrogens (tertiary/aromatic N) is 2. The van der Waals surface area contributed by atoms with Gasteiger partial charge in [-0.2, -0.15) is 0 Å². The molecule has 0 aliphatic carbocycles. The Bertz CT molecular complexity index is 790. The first-order valence-corrected chi connectivity index (χ1v) is 9.27. The van der Waals surface area contributed by atoms with E-state index in [-0.39, 0.29) is 29.6 Å². The fraction of sp³-hybridized carbons (Fsp3) is 0.550.